The van der Waals surface area contributed by atoms with Gasteiger partial charge in [0.05, 0.1) is 24.2 Å². The molecule has 0 aromatic carbocycles. The third-order valence-electron chi connectivity index (χ3n) is 3.28. The van der Waals surface area contributed by atoms with Crippen LogP contribution in [0.1, 0.15) is 58.0 Å². The topological polar surface area (TPSA) is 49.2 Å². The summed E-state index contributed by atoms with van der Waals surface area (Å²) in [6.45, 7) is 8.43. The molecule has 0 aliphatic carbocycles. The molecule has 4 nitrogen and oxygen atoms in total. The highest BCUT2D eigenvalue weighted by Crippen LogP contribution is 2.22. The lowest BCUT2D eigenvalue weighted by molar-refractivity contribution is 0.276. The second kappa shape index (κ2) is 6.69. The Balaban J connectivity index is 3.01. The van der Waals surface area contributed by atoms with Crippen LogP contribution < -0.4 is 4.90 Å². The smallest absolute Gasteiger partial charge is 0.131 e. The summed E-state index contributed by atoms with van der Waals surface area (Å²) in [4.78, 5) is 11.0. The van der Waals surface area contributed by atoms with Crippen LogP contribution in [0.15, 0.2) is 6.20 Å². The monoisotopic (exact) mass is 251 g/mol. The van der Waals surface area contributed by atoms with Gasteiger partial charge in [0.15, 0.2) is 0 Å². The van der Waals surface area contributed by atoms with Gasteiger partial charge >= 0.3 is 0 Å². The normalized spacial score (nSPS) is 12.8. The van der Waals surface area contributed by atoms with Crippen LogP contribution in [0.25, 0.3) is 0 Å². The van der Waals surface area contributed by atoms with E-state index in [-0.39, 0.29) is 12.5 Å². The van der Waals surface area contributed by atoms with Gasteiger partial charge in [-0.3, -0.25) is 0 Å². The fraction of sp³-hybridized carbons (Fsp3) is 0.714. The first kappa shape index (κ1) is 14.9. The van der Waals surface area contributed by atoms with Crippen LogP contribution in [0.4, 0.5) is 5.69 Å². The van der Waals surface area contributed by atoms with Crippen molar-refractivity contribution in [1.29, 1.82) is 0 Å². The number of anilines is 1. The predicted octanol–water partition coefficient (Wildman–Crippen LogP) is 2.72. The summed E-state index contributed by atoms with van der Waals surface area (Å²) >= 11 is 0. The molecule has 1 rings (SSSR count). The Hall–Kier alpha value is -1.16. The lowest BCUT2D eigenvalue weighted by Crippen LogP contribution is -2.30. The van der Waals surface area contributed by atoms with E-state index < -0.39 is 0 Å². The van der Waals surface area contributed by atoms with Crippen molar-refractivity contribution in [2.75, 3.05) is 11.9 Å². The van der Waals surface area contributed by atoms with Crippen molar-refractivity contribution in [2.45, 2.75) is 59.1 Å². The molecule has 0 aliphatic rings. The molecule has 1 N–H and O–H groups in total. The summed E-state index contributed by atoms with van der Waals surface area (Å²) < 4.78 is 0. The first-order chi connectivity index (χ1) is 8.51. The van der Waals surface area contributed by atoms with Gasteiger partial charge in [0.2, 0.25) is 0 Å². The molecule has 0 bridgehead atoms. The Morgan fingerprint density at radius 3 is 2.50 bits per heavy atom. The zero-order valence-corrected chi connectivity index (χ0v) is 12.1. The molecule has 0 aliphatic heterocycles. The maximum Gasteiger partial charge on any atom is 0.131 e. The molecule has 0 amide bonds. The molecular formula is C14H25N3O. The van der Waals surface area contributed by atoms with Crippen molar-refractivity contribution >= 4 is 5.69 Å². The molecule has 4 heteroatoms. The van der Waals surface area contributed by atoms with Gasteiger partial charge in [0.25, 0.3) is 0 Å². The Morgan fingerprint density at radius 1 is 1.33 bits per heavy atom. The highest BCUT2D eigenvalue weighted by Gasteiger charge is 2.15. The molecule has 1 aromatic heterocycles. The van der Waals surface area contributed by atoms with E-state index in [0.29, 0.717) is 6.04 Å². The van der Waals surface area contributed by atoms with Gasteiger partial charge in [-0.15, -0.1) is 0 Å². The maximum atomic E-state index is 9.47. The molecule has 1 atom stereocenters. The van der Waals surface area contributed by atoms with Crippen molar-refractivity contribution in [2.24, 2.45) is 0 Å². The van der Waals surface area contributed by atoms with Crippen LogP contribution in [0.3, 0.4) is 0 Å². The van der Waals surface area contributed by atoms with Gasteiger partial charge in [-0.2, -0.15) is 0 Å². The van der Waals surface area contributed by atoms with Gasteiger partial charge in [-0.25, -0.2) is 9.97 Å². The summed E-state index contributed by atoms with van der Waals surface area (Å²) in [5.74, 6) is 1.07. The Morgan fingerprint density at radius 2 is 2.00 bits per heavy atom. The van der Waals surface area contributed by atoms with Gasteiger partial charge in [0, 0.05) is 19.0 Å². The molecule has 1 aromatic rings. The summed E-state index contributed by atoms with van der Waals surface area (Å²) in [5, 5.41) is 9.47. The van der Waals surface area contributed by atoms with Gasteiger partial charge in [-0.1, -0.05) is 27.2 Å². The molecule has 0 radical (unpaired) electrons. The molecule has 0 saturated heterocycles. The number of hydrogen-bond acceptors (Lipinski definition) is 4. The van der Waals surface area contributed by atoms with Crippen molar-refractivity contribution in [3.05, 3.63) is 17.7 Å². The Kier molecular flexibility index (Phi) is 5.54. The fourth-order valence-corrected chi connectivity index (χ4v) is 1.96. The number of rotatable bonds is 6. The van der Waals surface area contributed by atoms with E-state index in [1.807, 2.05) is 13.2 Å². The largest absolute Gasteiger partial charge is 0.390 e. The average Bonchev–Trinajstić information content (AvgIpc) is 2.37. The Labute approximate surface area is 110 Å². The van der Waals surface area contributed by atoms with Gasteiger partial charge < -0.3 is 10.0 Å². The SMILES string of the molecule is CCCC(C)N(C)c1cnc(C(C)C)nc1CO. The van der Waals surface area contributed by atoms with Crippen LogP contribution >= 0.6 is 0 Å². The molecule has 0 saturated carbocycles. The number of aliphatic hydroxyl groups is 1. The maximum absolute atomic E-state index is 9.47. The third kappa shape index (κ3) is 3.42. The van der Waals surface area contributed by atoms with Crippen molar-refractivity contribution in [1.82, 2.24) is 9.97 Å². The summed E-state index contributed by atoms with van der Waals surface area (Å²) in [7, 11) is 2.03. The van der Waals surface area contributed by atoms with Crippen LogP contribution in [0.2, 0.25) is 0 Å². The van der Waals surface area contributed by atoms with Gasteiger partial charge in [-0.05, 0) is 13.3 Å². The predicted molar refractivity (Wildman–Crippen MR) is 74.8 cm³/mol. The highest BCUT2D eigenvalue weighted by atomic mass is 16.3. The van der Waals surface area contributed by atoms with Crippen molar-refractivity contribution in [3.63, 3.8) is 0 Å². The first-order valence-electron chi connectivity index (χ1n) is 6.70. The lowest BCUT2D eigenvalue weighted by Gasteiger charge is -2.28. The average molecular weight is 251 g/mol. The molecule has 102 valence electrons. The minimum Gasteiger partial charge on any atom is -0.390 e. The molecule has 1 heterocycles. The summed E-state index contributed by atoms with van der Waals surface area (Å²) in [6.07, 6.45) is 4.10. The van der Waals surface area contributed by atoms with E-state index >= 15 is 0 Å². The molecular weight excluding hydrogens is 226 g/mol. The quantitative estimate of drug-likeness (QED) is 0.844. The highest BCUT2D eigenvalue weighted by molar-refractivity contribution is 5.49. The Bertz CT molecular complexity index is 379. The van der Waals surface area contributed by atoms with Crippen LogP contribution in [0, 0.1) is 0 Å². The molecule has 0 spiro atoms. The minimum absolute atomic E-state index is 0.0409. The van der Waals surface area contributed by atoms with Crippen LogP contribution in [-0.2, 0) is 6.61 Å². The second-order valence-electron chi connectivity index (χ2n) is 5.12. The molecule has 0 fully saturated rings. The van der Waals surface area contributed by atoms with E-state index in [2.05, 4.69) is 42.6 Å². The first-order valence-corrected chi connectivity index (χ1v) is 6.70. The van der Waals surface area contributed by atoms with E-state index in [1.54, 1.807) is 0 Å². The van der Waals surface area contributed by atoms with Gasteiger partial charge in [0.1, 0.15) is 5.82 Å². The number of aromatic nitrogens is 2. The van der Waals surface area contributed by atoms with Crippen molar-refractivity contribution in [3.8, 4) is 0 Å². The number of hydrogen-bond donors (Lipinski definition) is 1. The van der Waals surface area contributed by atoms with Crippen molar-refractivity contribution < 1.29 is 5.11 Å². The summed E-state index contributed by atoms with van der Waals surface area (Å²) in [6, 6.07) is 0.425. The van der Waals surface area contributed by atoms with Crippen LogP contribution in [-0.4, -0.2) is 28.2 Å². The zero-order valence-electron chi connectivity index (χ0n) is 12.1. The van der Waals surface area contributed by atoms with E-state index in [4.69, 9.17) is 0 Å². The lowest BCUT2D eigenvalue weighted by atomic mass is 10.1. The summed E-state index contributed by atoms with van der Waals surface area (Å²) in [5.41, 5.74) is 1.65. The van der Waals surface area contributed by atoms with E-state index in [0.717, 1.165) is 30.0 Å². The number of aliphatic hydroxyl groups excluding tert-OH is 1. The van der Waals surface area contributed by atoms with Crippen LogP contribution in [0.5, 0.6) is 0 Å². The fourth-order valence-electron chi connectivity index (χ4n) is 1.96. The minimum atomic E-state index is -0.0409. The molecule has 18 heavy (non-hydrogen) atoms. The van der Waals surface area contributed by atoms with E-state index in [1.165, 1.54) is 0 Å². The zero-order chi connectivity index (χ0) is 13.7. The molecule has 1 unspecified atom stereocenters. The number of nitrogens with zero attached hydrogens (tertiary/aromatic N) is 3. The standard InChI is InChI=1S/C14H25N3O/c1-6-7-11(4)17(5)13-8-15-14(10(2)3)16-12(13)9-18/h8,10-11,18H,6-7,9H2,1-5H3. The third-order valence-corrected chi connectivity index (χ3v) is 3.28. The second-order valence-corrected chi connectivity index (χ2v) is 5.12. The van der Waals surface area contributed by atoms with E-state index in [9.17, 15) is 5.11 Å².